The molecule has 4 aromatic carbocycles. The van der Waals surface area contributed by atoms with Crippen LogP contribution in [0.15, 0.2) is 97.1 Å². The molecular weight excluding hydrogens is 897 g/mol. The first kappa shape index (κ1) is 28.6. The van der Waals surface area contributed by atoms with Gasteiger partial charge in [0.05, 0.1) is 0 Å². The number of hydrogen-bond donors (Lipinski definition) is 4. The summed E-state index contributed by atoms with van der Waals surface area (Å²) in [6, 6.07) is 28.2. The van der Waals surface area contributed by atoms with Crippen LogP contribution in [0.5, 0.6) is 0 Å². The average molecular weight is 921 g/mol. The van der Waals surface area contributed by atoms with Gasteiger partial charge in [-0.1, -0.05) is 0 Å². The number of nitrogens with one attached hydrogen (secondary N) is 2. The fourth-order valence-corrected chi connectivity index (χ4v) is 11.8. The zero-order valence-electron chi connectivity index (χ0n) is 21.2. The number of nitrogens with two attached hydrogens (primary N) is 2. The molecule has 1 heterocycles. The van der Waals surface area contributed by atoms with Crippen molar-refractivity contribution in [3.63, 3.8) is 0 Å². The molecule has 10 nitrogen and oxygen atoms in total. The molecular formula is C28H24N4O6Tl2. The number of hydrogen-bond acceptors (Lipinski definition) is 8. The summed E-state index contributed by atoms with van der Waals surface area (Å²) in [7, 11) is 0. The molecule has 4 aromatic rings. The van der Waals surface area contributed by atoms with Gasteiger partial charge in [-0.2, -0.15) is 0 Å². The Morgan fingerprint density at radius 1 is 0.750 bits per heavy atom. The van der Waals surface area contributed by atoms with Crippen molar-refractivity contribution in [2.24, 2.45) is 0 Å². The molecule has 12 heteroatoms. The Morgan fingerprint density at radius 2 is 1.25 bits per heavy atom. The number of rotatable bonds is 9. The number of carbonyl (C=O) groups is 2. The van der Waals surface area contributed by atoms with Crippen LogP contribution in [0.2, 0.25) is 0 Å². The zero-order valence-corrected chi connectivity index (χ0v) is 30.1. The summed E-state index contributed by atoms with van der Waals surface area (Å²) in [6.45, 7) is 0. The second kappa shape index (κ2) is 13.2. The van der Waals surface area contributed by atoms with Gasteiger partial charge in [0.15, 0.2) is 0 Å². The maximum atomic E-state index is 12.9. The zero-order chi connectivity index (χ0) is 28.1. The van der Waals surface area contributed by atoms with E-state index in [0.29, 0.717) is 45.0 Å². The third kappa shape index (κ3) is 6.52. The second-order valence-corrected chi connectivity index (χ2v) is 15.2. The molecule has 5 rings (SSSR count). The molecule has 0 bridgehead atoms. The molecule has 6 N–H and O–H groups in total. The summed E-state index contributed by atoms with van der Waals surface area (Å²) in [6.07, 6.45) is -1.43. The van der Waals surface area contributed by atoms with Crippen LogP contribution >= 0.6 is 0 Å². The minimum absolute atomic E-state index is 0.147. The first-order chi connectivity index (χ1) is 19.4. The van der Waals surface area contributed by atoms with Crippen molar-refractivity contribution >= 4 is 84.8 Å². The van der Waals surface area contributed by atoms with E-state index in [-0.39, 0.29) is 38.0 Å². The van der Waals surface area contributed by atoms with Gasteiger partial charge in [-0.15, -0.1) is 0 Å². The number of anilines is 4. The maximum absolute atomic E-state index is 12.9. The van der Waals surface area contributed by atoms with Crippen molar-refractivity contribution in [3.05, 3.63) is 119 Å². The molecule has 1 aliphatic heterocycles. The minimum atomic E-state index is -3.52. The molecule has 1 unspecified atom stereocenters. The topological polar surface area (TPSA) is 147 Å². The van der Waals surface area contributed by atoms with Crippen LogP contribution in [0.1, 0.15) is 44.4 Å². The normalized spacial score (nSPS) is 13.7. The molecule has 2 amide bonds. The van der Waals surface area contributed by atoms with E-state index in [4.69, 9.17) is 22.2 Å². The monoisotopic (exact) mass is 922 g/mol. The molecule has 198 valence electrons. The van der Waals surface area contributed by atoms with E-state index in [1.54, 1.807) is 60.7 Å². The fraction of sp³-hybridized carbons (Fsp3) is 0.0714. The number of nitrogen functional groups attached to an aromatic ring is 2. The Hall–Kier alpha value is -2.90. The van der Waals surface area contributed by atoms with Crippen LogP contribution in [-0.4, -0.2) is 62.1 Å². The third-order valence-corrected chi connectivity index (χ3v) is 12.6. The summed E-state index contributed by atoms with van der Waals surface area (Å²) in [4.78, 5) is 25.7. The molecule has 1 atom stereocenters. The van der Waals surface area contributed by atoms with Gasteiger partial charge in [0.2, 0.25) is 0 Å². The predicted octanol–water partition coefficient (Wildman–Crippen LogP) is 4.20. The summed E-state index contributed by atoms with van der Waals surface area (Å²) in [5, 5.41) is 5.79. The molecule has 0 radical (unpaired) electrons. The average Bonchev–Trinajstić information content (AvgIpc) is 2.94. The van der Waals surface area contributed by atoms with Crippen LogP contribution in [0, 0.1) is 0 Å². The van der Waals surface area contributed by atoms with Gasteiger partial charge in [0, 0.05) is 0 Å². The van der Waals surface area contributed by atoms with Gasteiger partial charge in [0.25, 0.3) is 0 Å². The molecule has 1 aliphatic rings. The van der Waals surface area contributed by atoms with Crippen molar-refractivity contribution < 1.29 is 20.3 Å². The van der Waals surface area contributed by atoms with E-state index in [0.717, 1.165) is 0 Å². The van der Waals surface area contributed by atoms with Crippen molar-refractivity contribution in [2.75, 3.05) is 22.1 Å². The van der Waals surface area contributed by atoms with Crippen LogP contribution < -0.4 is 22.1 Å². The molecule has 0 aliphatic carbocycles. The SMILES string of the molecule is Nc1ccccc1C(=O)Nc1ccccc1C([O][Tl])[O][Tl]1[O]C(c2ccccc2NC(=O)c2ccccc2N)[O]1. The van der Waals surface area contributed by atoms with Crippen molar-refractivity contribution in [3.8, 4) is 0 Å². The Labute approximate surface area is 257 Å². The van der Waals surface area contributed by atoms with Crippen molar-refractivity contribution in [1.29, 1.82) is 0 Å². The summed E-state index contributed by atoms with van der Waals surface area (Å²) < 4.78 is 24.1. The second-order valence-electron chi connectivity index (χ2n) is 8.75. The molecule has 0 aromatic heterocycles. The molecule has 0 spiro atoms. The number of benzene rings is 4. The number of carbonyl (C=O) groups excluding carboxylic acids is 2. The van der Waals surface area contributed by atoms with Gasteiger partial charge in [0.1, 0.15) is 0 Å². The Balaban J connectivity index is 1.24. The van der Waals surface area contributed by atoms with Crippen molar-refractivity contribution in [2.45, 2.75) is 12.6 Å². The summed E-state index contributed by atoms with van der Waals surface area (Å²) >= 11 is -3.37. The van der Waals surface area contributed by atoms with E-state index in [9.17, 15) is 9.59 Å². The van der Waals surface area contributed by atoms with Crippen molar-refractivity contribution in [1.82, 2.24) is 0 Å². The summed E-state index contributed by atoms with van der Waals surface area (Å²) in [5.41, 5.74) is 15.9. The van der Waals surface area contributed by atoms with Gasteiger partial charge in [-0.25, -0.2) is 0 Å². The first-order valence-corrected chi connectivity index (χ1v) is 19.6. The molecule has 0 saturated carbocycles. The van der Waals surface area contributed by atoms with E-state index in [2.05, 4.69) is 10.6 Å². The quantitative estimate of drug-likeness (QED) is 0.111. The van der Waals surface area contributed by atoms with Gasteiger partial charge >= 0.3 is 259 Å². The number of amides is 2. The van der Waals surface area contributed by atoms with Crippen LogP contribution in [0.25, 0.3) is 0 Å². The van der Waals surface area contributed by atoms with Crippen LogP contribution in [-0.2, 0) is 10.7 Å². The molecule has 1 fully saturated rings. The fourth-order valence-electron chi connectivity index (χ4n) is 4.12. The van der Waals surface area contributed by atoms with E-state index < -0.39 is 36.6 Å². The standard InChI is InChI=1S/2C14H12N2O3.2Tl/c2*15-11-7-3-1-5-9(11)13(17)16-12-8-4-2-6-10(12)14(18)19;;/h2*1-8,14H,15H2,(H,16,17);;/q2*-2;+1;+3. The summed E-state index contributed by atoms with van der Waals surface area (Å²) in [5.74, 6) is -0.666. The van der Waals surface area contributed by atoms with E-state index in [1.165, 1.54) is 0 Å². The predicted molar refractivity (Wildman–Crippen MR) is 152 cm³/mol. The first-order valence-electron chi connectivity index (χ1n) is 12.3. The van der Waals surface area contributed by atoms with Crippen LogP contribution in [0.4, 0.5) is 22.7 Å². The Bertz CT molecular complexity index is 1530. The van der Waals surface area contributed by atoms with Crippen LogP contribution in [0.3, 0.4) is 0 Å². The Kier molecular flexibility index (Phi) is 9.43. The number of para-hydroxylation sites is 4. The van der Waals surface area contributed by atoms with E-state index >= 15 is 0 Å². The van der Waals surface area contributed by atoms with E-state index in [1.807, 2.05) is 36.4 Å². The van der Waals surface area contributed by atoms with Gasteiger partial charge in [-0.05, 0) is 0 Å². The third-order valence-electron chi connectivity index (χ3n) is 6.16. The Morgan fingerprint density at radius 3 is 1.85 bits per heavy atom. The molecule has 40 heavy (non-hydrogen) atoms. The molecule has 1 saturated heterocycles. The van der Waals surface area contributed by atoms with Gasteiger partial charge in [-0.3, -0.25) is 0 Å². The van der Waals surface area contributed by atoms with Gasteiger partial charge < -0.3 is 0 Å².